The molecule has 1 saturated heterocycles. The number of nitrogens with zero attached hydrogens (tertiary/aromatic N) is 2. The Kier molecular flexibility index (Phi) is 5.17. The number of phenolic OH excluding ortho intramolecular Hbond substituents is 1. The first-order valence-corrected chi connectivity index (χ1v) is 10.6. The number of phenols is 1. The van der Waals surface area contributed by atoms with Crippen molar-refractivity contribution in [3.8, 4) is 5.75 Å². The number of rotatable bonds is 4. The van der Waals surface area contributed by atoms with E-state index in [9.17, 15) is 14.7 Å². The average Bonchev–Trinajstić information content (AvgIpc) is 3.05. The number of amides is 1. The van der Waals surface area contributed by atoms with Crippen molar-refractivity contribution in [3.63, 3.8) is 0 Å². The second-order valence-corrected chi connectivity index (χ2v) is 8.20. The third kappa shape index (κ3) is 3.59. The predicted molar refractivity (Wildman–Crippen MR) is 116 cm³/mol. The lowest BCUT2D eigenvalue weighted by molar-refractivity contribution is 0.0314. The quantitative estimate of drug-likeness (QED) is 0.671. The fourth-order valence-corrected chi connectivity index (χ4v) is 4.51. The minimum atomic E-state index is -0.643. The number of fused-ring (bicyclic) bond motifs is 2. The minimum Gasteiger partial charge on any atom is -0.508 e. The number of aromatic hydroxyl groups is 1. The minimum absolute atomic E-state index is 0.0511. The molecule has 0 aliphatic carbocycles. The van der Waals surface area contributed by atoms with E-state index in [1.165, 1.54) is 0 Å². The molecule has 1 unspecified atom stereocenters. The number of carbonyl (C=O) groups is 1. The van der Waals surface area contributed by atoms with Gasteiger partial charge in [-0.1, -0.05) is 23.7 Å². The Labute approximate surface area is 183 Å². The van der Waals surface area contributed by atoms with Gasteiger partial charge >= 0.3 is 0 Å². The summed E-state index contributed by atoms with van der Waals surface area (Å²) in [5.41, 5.74) is 0.982. The molecule has 0 spiro atoms. The summed E-state index contributed by atoms with van der Waals surface area (Å²) in [5, 5.41) is 10.8. The van der Waals surface area contributed by atoms with E-state index in [2.05, 4.69) is 4.90 Å². The summed E-state index contributed by atoms with van der Waals surface area (Å²) in [5.74, 6) is -0.208. The third-order valence-electron chi connectivity index (χ3n) is 5.87. The van der Waals surface area contributed by atoms with E-state index < -0.39 is 6.04 Å². The summed E-state index contributed by atoms with van der Waals surface area (Å²) in [7, 11) is 0. The summed E-state index contributed by atoms with van der Waals surface area (Å²) in [6.45, 7) is 3.99. The number of morpholine rings is 1. The molecule has 1 fully saturated rings. The maximum atomic E-state index is 13.5. The number of carbonyl (C=O) groups excluding carboxylic acids is 1. The van der Waals surface area contributed by atoms with Crippen LogP contribution in [0.25, 0.3) is 11.0 Å². The summed E-state index contributed by atoms with van der Waals surface area (Å²) < 4.78 is 11.3. The molecule has 8 heteroatoms. The molecule has 160 valence electrons. The monoisotopic (exact) mass is 440 g/mol. The number of ether oxygens (including phenoxy) is 1. The van der Waals surface area contributed by atoms with Crippen LogP contribution in [0.3, 0.4) is 0 Å². The summed E-state index contributed by atoms with van der Waals surface area (Å²) in [4.78, 5) is 30.7. The van der Waals surface area contributed by atoms with Gasteiger partial charge in [-0.05, 0) is 35.9 Å². The normalized spacial score (nSPS) is 19.2. The summed E-state index contributed by atoms with van der Waals surface area (Å²) in [6.07, 6.45) is 0. The van der Waals surface area contributed by atoms with Crippen molar-refractivity contribution in [1.29, 1.82) is 0 Å². The molecule has 2 aliphatic rings. The molecule has 1 atom stereocenters. The van der Waals surface area contributed by atoms with Gasteiger partial charge in [0.15, 0.2) is 5.43 Å². The molecule has 2 aromatic carbocycles. The molecule has 3 aromatic rings. The zero-order chi connectivity index (χ0) is 21.5. The Hall–Kier alpha value is -2.87. The smallest absolute Gasteiger partial charge is 0.290 e. The molecule has 0 radical (unpaired) electrons. The van der Waals surface area contributed by atoms with Crippen LogP contribution in [0.15, 0.2) is 51.7 Å². The van der Waals surface area contributed by atoms with E-state index in [4.69, 9.17) is 20.8 Å². The van der Waals surface area contributed by atoms with Crippen molar-refractivity contribution in [2.75, 3.05) is 39.4 Å². The standard InChI is InChI=1S/C23H21ClN2O5/c24-15-4-5-18-17(13-15)21(28)19-20(14-2-1-3-16(27)12-14)26(23(29)22(19)31-18)7-6-25-8-10-30-11-9-25/h1-5,12-13,20,27H,6-11H2. The third-order valence-corrected chi connectivity index (χ3v) is 6.11. The van der Waals surface area contributed by atoms with Gasteiger partial charge in [-0.3, -0.25) is 14.5 Å². The Bertz CT molecular complexity index is 1220. The van der Waals surface area contributed by atoms with Crippen LogP contribution in [0.5, 0.6) is 5.75 Å². The van der Waals surface area contributed by atoms with E-state index >= 15 is 0 Å². The zero-order valence-corrected chi connectivity index (χ0v) is 17.5. The van der Waals surface area contributed by atoms with Crippen LogP contribution >= 0.6 is 11.6 Å². The number of hydrogen-bond acceptors (Lipinski definition) is 6. The molecular formula is C23H21ClN2O5. The van der Waals surface area contributed by atoms with Crippen molar-refractivity contribution in [1.82, 2.24) is 9.80 Å². The molecular weight excluding hydrogens is 420 g/mol. The van der Waals surface area contributed by atoms with E-state index in [0.717, 1.165) is 13.1 Å². The second-order valence-electron chi connectivity index (χ2n) is 7.76. The maximum Gasteiger partial charge on any atom is 0.290 e. The van der Waals surface area contributed by atoms with Gasteiger partial charge in [0, 0.05) is 31.2 Å². The van der Waals surface area contributed by atoms with Gasteiger partial charge < -0.3 is 19.2 Å². The lowest BCUT2D eigenvalue weighted by atomic mass is 9.98. The number of benzene rings is 2. The van der Waals surface area contributed by atoms with Gasteiger partial charge in [0.05, 0.1) is 30.2 Å². The molecule has 2 aliphatic heterocycles. The molecule has 0 bridgehead atoms. The van der Waals surface area contributed by atoms with E-state index in [-0.39, 0.29) is 28.4 Å². The van der Waals surface area contributed by atoms with Crippen molar-refractivity contribution in [3.05, 3.63) is 74.6 Å². The first-order chi connectivity index (χ1) is 15.0. The second kappa shape index (κ2) is 8.00. The fraction of sp³-hybridized carbons (Fsp3) is 0.304. The van der Waals surface area contributed by atoms with Crippen LogP contribution in [-0.4, -0.2) is 60.2 Å². The zero-order valence-electron chi connectivity index (χ0n) is 16.7. The van der Waals surface area contributed by atoms with Crippen molar-refractivity contribution >= 4 is 28.5 Å². The van der Waals surface area contributed by atoms with Gasteiger partial charge in [0.1, 0.15) is 11.3 Å². The Balaban J connectivity index is 1.61. The van der Waals surface area contributed by atoms with Crippen LogP contribution in [0.2, 0.25) is 5.02 Å². The van der Waals surface area contributed by atoms with Crippen LogP contribution in [-0.2, 0) is 4.74 Å². The van der Waals surface area contributed by atoms with Gasteiger partial charge in [-0.2, -0.15) is 0 Å². The number of hydrogen-bond donors (Lipinski definition) is 1. The van der Waals surface area contributed by atoms with Crippen LogP contribution < -0.4 is 5.43 Å². The Morgan fingerprint density at radius 1 is 1.06 bits per heavy atom. The molecule has 0 saturated carbocycles. The Morgan fingerprint density at radius 3 is 2.65 bits per heavy atom. The van der Waals surface area contributed by atoms with E-state index in [0.29, 0.717) is 47.9 Å². The van der Waals surface area contributed by atoms with Crippen molar-refractivity contribution in [2.24, 2.45) is 0 Å². The summed E-state index contributed by atoms with van der Waals surface area (Å²) in [6, 6.07) is 10.8. The van der Waals surface area contributed by atoms with Gasteiger partial charge in [0.2, 0.25) is 5.76 Å². The van der Waals surface area contributed by atoms with Crippen LogP contribution in [0, 0.1) is 0 Å². The highest BCUT2D eigenvalue weighted by atomic mass is 35.5. The topological polar surface area (TPSA) is 83.2 Å². The Morgan fingerprint density at radius 2 is 1.87 bits per heavy atom. The van der Waals surface area contributed by atoms with E-state index in [1.54, 1.807) is 47.4 Å². The molecule has 31 heavy (non-hydrogen) atoms. The lowest BCUT2D eigenvalue weighted by Crippen LogP contribution is -2.42. The average molecular weight is 441 g/mol. The highest BCUT2D eigenvalue weighted by molar-refractivity contribution is 6.31. The van der Waals surface area contributed by atoms with Crippen molar-refractivity contribution < 1.29 is 19.1 Å². The van der Waals surface area contributed by atoms with Crippen LogP contribution in [0.4, 0.5) is 0 Å². The molecule has 1 amide bonds. The highest BCUT2D eigenvalue weighted by Gasteiger charge is 2.42. The van der Waals surface area contributed by atoms with E-state index in [1.807, 2.05) is 0 Å². The molecule has 5 rings (SSSR count). The first-order valence-electron chi connectivity index (χ1n) is 10.2. The first kappa shape index (κ1) is 20.1. The number of halogens is 1. The highest BCUT2D eigenvalue weighted by Crippen LogP contribution is 2.39. The molecule has 7 nitrogen and oxygen atoms in total. The largest absolute Gasteiger partial charge is 0.508 e. The van der Waals surface area contributed by atoms with Gasteiger partial charge in [0.25, 0.3) is 5.91 Å². The lowest BCUT2D eigenvalue weighted by Gasteiger charge is -2.31. The molecule has 3 heterocycles. The predicted octanol–water partition coefficient (Wildman–Crippen LogP) is 3.03. The van der Waals surface area contributed by atoms with Gasteiger partial charge in [-0.25, -0.2) is 0 Å². The molecule has 1 aromatic heterocycles. The molecule has 1 N–H and O–H groups in total. The SMILES string of the molecule is O=C1c2oc3ccc(Cl)cc3c(=O)c2C(c2cccc(O)c2)N1CCN1CCOCC1. The van der Waals surface area contributed by atoms with Crippen molar-refractivity contribution in [2.45, 2.75) is 6.04 Å². The maximum absolute atomic E-state index is 13.5. The fourth-order valence-electron chi connectivity index (χ4n) is 4.34. The van der Waals surface area contributed by atoms with Crippen LogP contribution in [0.1, 0.15) is 27.7 Å². The van der Waals surface area contributed by atoms with Gasteiger partial charge in [-0.15, -0.1) is 0 Å². The summed E-state index contributed by atoms with van der Waals surface area (Å²) >= 11 is 6.10.